The van der Waals surface area contributed by atoms with Crippen LogP contribution in [0.2, 0.25) is 0 Å². The molecule has 0 bridgehead atoms. The molecule has 96 valence electrons. The largest absolute Gasteiger partial charge is 0.496 e. The monoisotopic (exact) mass is 301 g/mol. The lowest BCUT2D eigenvalue weighted by molar-refractivity contribution is 0.390. The highest BCUT2D eigenvalue weighted by atomic mass is 79.9. The molecule has 0 heterocycles. The Balaban J connectivity index is 3.02. The van der Waals surface area contributed by atoms with E-state index >= 15 is 0 Å². The molecule has 1 atom stereocenters. The summed E-state index contributed by atoms with van der Waals surface area (Å²) in [4.78, 5) is 0. The molecule has 1 aromatic rings. The van der Waals surface area contributed by atoms with Crippen molar-refractivity contribution in [2.24, 2.45) is 0 Å². The zero-order chi connectivity index (χ0) is 12.8. The van der Waals surface area contributed by atoms with Gasteiger partial charge >= 0.3 is 0 Å². The van der Waals surface area contributed by atoms with Crippen LogP contribution in [0.3, 0.4) is 0 Å². The lowest BCUT2D eigenvalue weighted by Gasteiger charge is -2.18. The average molecular weight is 302 g/mol. The standard InChI is InChI=1S/C13H20BrNO2/c1-5-6-15-9(2)10-7-13(17-4)11(14)8-12(10)16-3/h7-9,15H,5-6H2,1-4H3. The number of halogens is 1. The molecule has 1 N–H and O–H groups in total. The zero-order valence-corrected chi connectivity index (χ0v) is 12.4. The van der Waals surface area contributed by atoms with Crippen LogP contribution in [0.5, 0.6) is 11.5 Å². The van der Waals surface area contributed by atoms with Gasteiger partial charge in [-0.15, -0.1) is 0 Å². The van der Waals surface area contributed by atoms with Gasteiger partial charge in [0.15, 0.2) is 0 Å². The van der Waals surface area contributed by atoms with E-state index in [0.717, 1.165) is 34.5 Å². The Morgan fingerprint density at radius 3 is 2.41 bits per heavy atom. The Morgan fingerprint density at radius 2 is 1.88 bits per heavy atom. The Hall–Kier alpha value is -0.740. The lowest BCUT2D eigenvalue weighted by Crippen LogP contribution is -2.19. The van der Waals surface area contributed by atoms with E-state index in [1.165, 1.54) is 0 Å². The van der Waals surface area contributed by atoms with Gasteiger partial charge in [-0.25, -0.2) is 0 Å². The van der Waals surface area contributed by atoms with Crippen LogP contribution in [0, 0.1) is 0 Å². The predicted molar refractivity (Wildman–Crippen MR) is 74.0 cm³/mol. The third-order valence-electron chi connectivity index (χ3n) is 2.67. The van der Waals surface area contributed by atoms with Gasteiger partial charge in [0, 0.05) is 11.6 Å². The molecule has 0 fully saturated rings. The molecule has 0 aliphatic rings. The fraction of sp³-hybridized carbons (Fsp3) is 0.538. The highest BCUT2D eigenvalue weighted by Gasteiger charge is 2.14. The second-order valence-corrected chi connectivity index (χ2v) is 4.76. The van der Waals surface area contributed by atoms with Gasteiger partial charge in [-0.1, -0.05) is 6.92 Å². The number of hydrogen-bond acceptors (Lipinski definition) is 3. The second-order valence-electron chi connectivity index (χ2n) is 3.90. The van der Waals surface area contributed by atoms with Crippen LogP contribution in [0.1, 0.15) is 31.9 Å². The predicted octanol–water partition coefficient (Wildman–Crippen LogP) is 3.53. The summed E-state index contributed by atoms with van der Waals surface area (Å²) >= 11 is 3.46. The Morgan fingerprint density at radius 1 is 1.24 bits per heavy atom. The van der Waals surface area contributed by atoms with Crippen molar-refractivity contribution in [3.63, 3.8) is 0 Å². The summed E-state index contributed by atoms with van der Waals surface area (Å²) in [7, 11) is 3.35. The molecule has 1 aromatic carbocycles. The van der Waals surface area contributed by atoms with E-state index < -0.39 is 0 Å². The van der Waals surface area contributed by atoms with Gasteiger partial charge in [0.05, 0.1) is 18.7 Å². The second kappa shape index (κ2) is 6.87. The lowest BCUT2D eigenvalue weighted by atomic mass is 10.1. The fourth-order valence-corrected chi connectivity index (χ4v) is 2.18. The zero-order valence-electron chi connectivity index (χ0n) is 10.8. The summed E-state index contributed by atoms with van der Waals surface area (Å²) < 4.78 is 11.6. The van der Waals surface area contributed by atoms with Crippen molar-refractivity contribution in [2.75, 3.05) is 20.8 Å². The molecule has 0 radical (unpaired) electrons. The van der Waals surface area contributed by atoms with E-state index in [4.69, 9.17) is 9.47 Å². The molecule has 0 amide bonds. The van der Waals surface area contributed by atoms with Gasteiger partial charge in [0.1, 0.15) is 11.5 Å². The Kier molecular flexibility index (Phi) is 5.78. The molecule has 1 rings (SSSR count). The summed E-state index contributed by atoms with van der Waals surface area (Å²) in [5, 5.41) is 3.44. The summed E-state index contributed by atoms with van der Waals surface area (Å²) in [6, 6.07) is 4.20. The van der Waals surface area contributed by atoms with E-state index in [2.05, 4.69) is 35.1 Å². The molecule has 17 heavy (non-hydrogen) atoms. The first-order valence-corrected chi connectivity index (χ1v) is 6.58. The highest BCUT2D eigenvalue weighted by molar-refractivity contribution is 9.10. The SMILES string of the molecule is CCCNC(C)c1cc(OC)c(Br)cc1OC. The molecule has 1 unspecified atom stereocenters. The molecule has 0 saturated heterocycles. The average Bonchev–Trinajstić information content (AvgIpc) is 2.35. The van der Waals surface area contributed by atoms with E-state index in [1.807, 2.05) is 12.1 Å². The normalized spacial score (nSPS) is 12.3. The first-order valence-electron chi connectivity index (χ1n) is 5.78. The minimum Gasteiger partial charge on any atom is -0.496 e. The van der Waals surface area contributed by atoms with Crippen molar-refractivity contribution >= 4 is 15.9 Å². The maximum atomic E-state index is 5.40. The number of methoxy groups -OCH3 is 2. The molecule has 3 nitrogen and oxygen atoms in total. The van der Waals surface area contributed by atoms with Crippen molar-refractivity contribution in [3.8, 4) is 11.5 Å². The number of ether oxygens (including phenoxy) is 2. The molecule has 0 aromatic heterocycles. The number of rotatable bonds is 6. The van der Waals surface area contributed by atoms with E-state index in [9.17, 15) is 0 Å². The van der Waals surface area contributed by atoms with Crippen LogP contribution in [0.4, 0.5) is 0 Å². The van der Waals surface area contributed by atoms with Crippen molar-refractivity contribution in [1.82, 2.24) is 5.32 Å². The molecule has 4 heteroatoms. The molecule has 0 spiro atoms. The Bertz CT molecular complexity index is 369. The van der Waals surface area contributed by atoms with Gasteiger partial charge in [-0.3, -0.25) is 0 Å². The minimum absolute atomic E-state index is 0.242. The van der Waals surface area contributed by atoms with Crippen molar-refractivity contribution in [3.05, 3.63) is 22.2 Å². The van der Waals surface area contributed by atoms with E-state index in [0.29, 0.717) is 0 Å². The maximum Gasteiger partial charge on any atom is 0.133 e. The van der Waals surface area contributed by atoms with Gasteiger partial charge in [-0.2, -0.15) is 0 Å². The van der Waals surface area contributed by atoms with Crippen LogP contribution in [-0.4, -0.2) is 20.8 Å². The quantitative estimate of drug-likeness (QED) is 0.872. The number of nitrogens with one attached hydrogen (secondary N) is 1. The topological polar surface area (TPSA) is 30.5 Å². The van der Waals surface area contributed by atoms with E-state index in [-0.39, 0.29) is 6.04 Å². The first kappa shape index (κ1) is 14.3. The van der Waals surface area contributed by atoms with Crippen LogP contribution in [-0.2, 0) is 0 Å². The van der Waals surface area contributed by atoms with Gasteiger partial charge < -0.3 is 14.8 Å². The third-order valence-corrected chi connectivity index (χ3v) is 3.29. The molecular weight excluding hydrogens is 282 g/mol. The minimum atomic E-state index is 0.242. The molecular formula is C13H20BrNO2. The van der Waals surface area contributed by atoms with Crippen molar-refractivity contribution in [1.29, 1.82) is 0 Å². The number of hydrogen-bond donors (Lipinski definition) is 1. The molecule has 0 aliphatic heterocycles. The van der Waals surface area contributed by atoms with Crippen molar-refractivity contribution < 1.29 is 9.47 Å². The van der Waals surface area contributed by atoms with Crippen molar-refractivity contribution in [2.45, 2.75) is 26.3 Å². The fourth-order valence-electron chi connectivity index (χ4n) is 1.69. The smallest absolute Gasteiger partial charge is 0.133 e. The van der Waals surface area contributed by atoms with Gasteiger partial charge in [-0.05, 0) is 48.0 Å². The van der Waals surface area contributed by atoms with Crippen LogP contribution in [0.15, 0.2) is 16.6 Å². The summed E-state index contributed by atoms with van der Waals surface area (Å²) in [6.07, 6.45) is 1.11. The highest BCUT2D eigenvalue weighted by Crippen LogP contribution is 2.35. The Labute approximate surface area is 112 Å². The first-order chi connectivity index (χ1) is 8.13. The molecule has 0 aliphatic carbocycles. The summed E-state index contributed by atoms with van der Waals surface area (Å²) in [6.45, 7) is 5.27. The van der Waals surface area contributed by atoms with Gasteiger partial charge in [0.2, 0.25) is 0 Å². The summed E-state index contributed by atoms with van der Waals surface area (Å²) in [5.74, 6) is 1.69. The third kappa shape index (κ3) is 3.61. The molecule has 0 saturated carbocycles. The van der Waals surface area contributed by atoms with Crippen LogP contribution in [0.25, 0.3) is 0 Å². The summed E-state index contributed by atoms with van der Waals surface area (Å²) in [5.41, 5.74) is 1.11. The van der Waals surface area contributed by atoms with Crippen LogP contribution < -0.4 is 14.8 Å². The number of benzene rings is 1. The maximum absolute atomic E-state index is 5.40. The van der Waals surface area contributed by atoms with Gasteiger partial charge in [0.25, 0.3) is 0 Å². The van der Waals surface area contributed by atoms with E-state index in [1.54, 1.807) is 14.2 Å². The van der Waals surface area contributed by atoms with Crippen LogP contribution >= 0.6 is 15.9 Å².